The molecule has 1 aliphatic rings. The second kappa shape index (κ2) is 6.75. The monoisotopic (exact) mass is 275 g/mol. The maximum Gasteiger partial charge on any atom is 0.328 e. The molecule has 1 heterocycles. The number of para-hydroxylation sites is 1. The first-order valence-electron chi connectivity index (χ1n) is 6.57. The van der Waals surface area contributed by atoms with E-state index >= 15 is 0 Å². The van der Waals surface area contributed by atoms with Crippen molar-refractivity contribution < 1.29 is 19.4 Å². The van der Waals surface area contributed by atoms with Gasteiger partial charge in [0, 0.05) is 38.1 Å². The molecule has 1 saturated heterocycles. The summed E-state index contributed by atoms with van der Waals surface area (Å²) in [6, 6.07) is 9.60. The topological polar surface area (TPSA) is 66.8 Å². The molecule has 1 amide bonds. The van der Waals surface area contributed by atoms with Crippen molar-refractivity contribution in [1.29, 1.82) is 0 Å². The first kappa shape index (κ1) is 14.1. The van der Waals surface area contributed by atoms with E-state index in [9.17, 15) is 9.59 Å². The molecule has 106 valence electrons. The maximum atomic E-state index is 11.7. The van der Waals surface area contributed by atoms with Gasteiger partial charge in [0.05, 0.1) is 0 Å². The molecule has 1 aliphatic heterocycles. The van der Waals surface area contributed by atoms with E-state index in [1.165, 1.54) is 0 Å². The highest BCUT2D eigenvalue weighted by molar-refractivity contribution is 5.93. The summed E-state index contributed by atoms with van der Waals surface area (Å²) >= 11 is 0. The molecule has 0 saturated carbocycles. The minimum Gasteiger partial charge on any atom is -0.490 e. The fourth-order valence-corrected chi connectivity index (χ4v) is 2.13. The Labute approximate surface area is 117 Å². The SMILES string of the molecule is O=C(O)/C=C/C(=O)N1CCC(Oc2ccccc2)CC1. The van der Waals surface area contributed by atoms with Crippen LogP contribution in [0.5, 0.6) is 5.75 Å². The lowest BCUT2D eigenvalue weighted by Gasteiger charge is -2.31. The third-order valence-electron chi connectivity index (χ3n) is 3.17. The predicted octanol–water partition coefficient (Wildman–Crippen LogP) is 1.70. The van der Waals surface area contributed by atoms with E-state index in [2.05, 4.69) is 0 Å². The van der Waals surface area contributed by atoms with Crippen molar-refractivity contribution in [3.05, 3.63) is 42.5 Å². The van der Waals surface area contributed by atoms with E-state index in [4.69, 9.17) is 9.84 Å². The summed E-state index contributed by atoms with van der Waals surface area (Å²) in [6.07, 6.45) is 3.57. The molecule has 1 aromatic rings. The second-order valence-corrected chi connectivity index (χ2v) is 4.63. The van der Waals surface area contributed by atoms with Crippen LogP contribution in [0.2, 0.25) is 0 Å². The summed E-state index contributed by atoms with van der Waals surface area (Å²) in [5.74, 6) is -0.533. The zero-order valence-electron chi connectivity index (χ0n) is 11.1. The molecule has 1 fully saturated rings. The first-order valence-corrected chi connectivity index (χ1v) is 6.57. The lowest BCUT2D eigenvalue weighted by molar-refractivity contribution is -0.132. The van der Waals surface area contributed by atoms with Crippen molar-refractivity contribution in [3.63, 3.8) is 0 Å². The Morgan fingerprint density at radius 2 is 1.80 bits per heavy atom. The Morgan fingerprint density at radius 1 is 1.15 bits per heavy atom. The molecule has 5 heteroatoms. The van der Waals surface area contributed by atoms with Gasteiger partial charge >= 0.3 is 5.97 Å². The van der Waals surface area contributed by atoms with Gasteiger partial charge in [0.15, 0.2) is 0 Å². The summed E-state index contributed by atoms with van der Waals surface area (Å²) in [5, 5.41) is 8.49. The van der Waals surface area contributed by atoms with Crippen LogP contribution in [0.1, 0.15) is 12.8 Å². The molecule has 0 spiro atoms. The fraction of sp³-hybridized carbons (Fsp3) is 0.333. The molecule has 2 rings (SSSR count). The maximum absolute atomic E-state index is 11.7. The number of rotatable bonds is 4. The first-order chi connectivity index (χ1) is 9.65. The van der Waals surface area contributed by atoms with Crippen LogP contribution in [0.3, 0.4) is 0 Å². The molecular formula is C15H17NO4. The van der Waals surface area contributed by atoms with E-state index in [-0.39, 0.29) is 12.0 Å². The number of carbonyl (C=O) groups is 2. The van der Waals surface area contributed by atoms with E-state index < -0.39 is 5.97 Å². The molecule has 5 nitrogen and oxygen atoms in total. The van der Waals surface area contributed by atoms with Crippen LogP contribution in [0, 0.1) is 0 Å². The summed E-state index contributed by atoms with van der Waals surface area (Å²) < 4.78 is 5.83. The van der Waals surface area contributed by atoms with Gasteiger partial charge in [-0.2, -0.15) is 0 Å². The Morgan fingerprint density at radius 3 is 2.40 bits per heavy atom. The van der Waals surface area contributed by atoms with Crippen LogP contribution in [0.15, 0.2) is 42.5 Å². The van der Waals surface area contributed by atoms with Crippen LogP contribution in [-0.2, 0) is 9.59 Å². The van der Waals surface area contributed by atoms with Gasteiger partial charge in [-0.3, -0.25) is 4.79 Å². The fourth-order valence-electron chi connectivity index (χ4n) is 2.13. The highest BCUT2D eigenvalue weighted by Gasteiger charge is 2.22. The van der Waals surface area contributed by atoms with E-state index in [0.717, 1.165) is 30.7 Å². The van der Waals surface area contributed by atoms with Crippen LogP contribution in [0.25, 0.3) is 0 Å². The highest BCUT2D eigenvalue weighted by atomic mass is 16.5. The van der Waals surface area contributed by atoms with E-state index in [1.807, 2.05) is 30.3 Å². The summed E-state index contributed by atoms with van der Waals surface area (Å²) in [6.45, 7) is 1.17. The highest BCUT2D eigenvalue weighted by Crippen LogP contribution is 2.18. The summed E-state index contributed by atoms with van der Waals surface area (Å²) in [4.78, 5) is 23.7. The van der Waals surface area contributed by atoms with Crippen molar-refractivity contribution in [3.8, 4) is 5.75 Å². The number of hydrogen-bond acceptors (Lipinski definition) is 3. The van der Waals surface area contributed by atoms with Crippen LogP contribution in [-0.4, -0.2) is 41.1 Å². The third-order valence-corrected chi connectivity index (χ3v) is 3.17. The van der Waals surface area contributed by atoms with Gasteiger partial charge in [-0.05, 0) is 12.1 Å². The van der Waals surface area contributed by atoms with Crippen molar-refractivity contribution in [2.24, 2.45) is 0 Å². The van der Waals surface area contributed by atoms with Crippen LogP contribution >= 0.6 is 0 Å². The molecule has 0 bridgehead atoms. The average Bonchev–Trinajstić information content (AvgIpc) is 2.46. The Balaban J connectivity index is 1.80. The van der Waals surface area contributed by atoms with Crippen molar-refractivity contribution in [2.75, 3.05) is 13.1 Å². The smallest absolute Gasteiger partial charge is 0.328 e. The van der Waals surface area contributed by atoms with Crippen molar-refractivity contribution >= 4 is 11.9 Å². The molecule has 20 heavy (non-hydrogen) atoms. The minimum atomic E-state index is -1.11. The molecule has 0 unspecified atom stereocenters. The average molecular weight is 275 g/mol. The number of carbonyl (C=O) groups excluding carboxylic acids is 1. The number of carboxylic acid groups (broad SMARTS) is 1. The van der Waals surface area contributed by atoms with Gasteiger partial charge in [0.1, 0.15) is 11.9 Å². The normalized spacial score (nSPS) is 16.3. The quantitative estimate of drug-likeness (QED) is 0.849. The van der Waals surface area contributed by atoms with Crippen molar-refractivity contribution in [1.82, 2.24) is 4.90 Å². The van der Waals surface area contributed by atoms with Crippen LogP contribution in [0.4, 0.5) is 0 Å². The Hall–Kier alpha value is -2.30. The number of benzene rings is 1. The molecule has 0 aliphatic carbocycles. The van der Waals surface area contributed by atoms with Crippen molar-refractivity contribution in [2.45, 2.75) is 18.9 Å². The van der Waals surface area contributed by atoms with Crippen LogP contribution < -0.4 is 4.74 Å². The largest absolute Gasteiger partial charge is 0.490 e. The number of nitrogens with zero attached hydrogens (tertiary/aromatic N) is 1. The molecule has 0 atom stereocenters. The standard InChI is InChI=1S/C15H17NO4/c17-14(6-7-15(18)19)16-10-8-13(9-11-16)20-12-4-2-1-3-5-12/h1-7,13H,8-11H2,(H,18,19)/b7-6+. The second-order valence-electron chi connectivity index (χ2n) is 4.63. The molecule has 1 N–H and O–H groups in total. The number of piperidine rings is 1. The molecule has 0 aromatic heterocycles. The zero-order chi connectivity index (χ0) is 14.4. The lowest BCUT2D eigenvalue weighted by Crippen LogP contribution is -2.41. The Kier molecular flexibility index (Phi) is 4.76. The number of carboxylic acids is 1. The zero-order valence-corrected chi connectivity index (χ0v) is 11.1. The molecular weight excluding hydrogens is 258 g/mol. The molecule has 1 aromatic carbocycles. The summed E-state index contributed by atoms with van der Waals surface area (Å²) in [7, 11) is 0. The third kappa shape index (κ3) is 4.12. The number of hydrogen-bond donors (Lipinski definition) is 1. The van der Waals surface area contributed by atoms with Gasteiger partial charge in [-0.25, -0.2) is 4.79 Å². The summed E-state index contributed by atoms with van der Waals surface area (Å²) in [5.41, 5.74) is 0. The van der Waals surface area contributed by atoms with Gasteiger partial charge in [0.25, 0.3) is 0 Å². The minimum absolute atomic E-state index is 0.102. The number of amides is 1. The predicted molar refractivity (Wildman–Crippen MR) is 73.4 cm³/mol. The Bertz CT molecular complexity index is 490. The van der Waals surface area contributed by atoms with E-state index in [0.29, 0.717) is 13.1 Å². The van der Waals surface area contributed by atoms with Gasteiger partial charge in [-0.15, -0.1) is 0 Å². The van der Waals surface area contributed by atoms with Gasteiger partial charge in [-0.1, -0.05) is 18.2 Å². The van der Waals surface area contributed by atoms with Gasteiger partial charge in [0.2, 0.25) is 5.91 Å². The lowest BCUT2D eigenvalue weighted by atomic mass is 10.1. The number of aliphatic carboxylic acids is 1. The van der Waals surface area contributed by atoms with E-state index in [1.54, 1.807) is 4.90 Å². The van der Waals surface area contributed by atoms with Gasteiger partial charge < -0.3 is 14.7 Å². The number of ether oxygens (including phenoxy) is 1. The number of likely N-dealkylation sites (tertiary alicyclic amines) is 1. The molecule has 0 radical (unpaired) electrons.